The summed E-state index contributed by atoms with van der Waals surface area (Å²) in [7, 11) is -3.38. The van der Waals surface area contributed by atoms with Crippen molar-refractivity contribution in [3.8, 4) is 0 Å². The molecule has 1 aliphatic heterocycles. The number of carbonyl (C=O) groups excluding carboxylic acids is 1. The number of urea groups is 1. The Labute approximate surface area is 154 Å². The monoisotopic (exact) mass is 399 g/mol. The molecule has 0 bridgehead atoms. The van der Waals surface area contributed by atoms with Gasteiger partial charge in [0.1, 0.15) is 0 Å². The summed E-state index contributed by atoms with van der Waals surface area (Å²) < 4.78 is 64.2. The number of halogens is 3. The first-order chi connectivity index (χ1) is 12.7. The van der Waals surface area contributed by atoms with E-state index in [2.05, 4.69) is 10.6 Å². The lowest BCUT2D eigenvalue weighted by Gasteiger charge is -2.18. The molecular weight excluding hydrogens is 383 g/mol. The summed E-state index contributed by atoms with van der Waals surface area (Å²) in [4.78, 5) is 12.1. The molecule has 27 heavy (non-hydrogen) atoms. The normalized spacial score (nSPS) is 16.2. The van der Waals surface area contributed by atoms with E-state index < -0.39 is 27.8 Å². The molecule has 1 heterocycles. The summed E-state index contributed by atoms with van der Waals surface area (Å²) in [6.45, 7) is 0.344. The number of para-hydroxylation sites is 1. The van der Waals surface area contributed by atoms with Crippen LogP contribution in [0.2, 0.25) is 0 Å². The number of hydrogen-bond donors (Lipinski definition) is 2. The van der Waals surface area contributed by atoms with Crippen LogP contribution in [0.4, 0.5) is 35.0 Å². The maximum absolute atomic E-state index is 13.0. The van der Waals surface area contributed by atoms with Crippen molar-refractivity contribution in [2.45, 2.75) is 12.6 Å². The number of sulfonamides is 1. The van der Waals surface area contributed by atoms with Crippen molar-refractivity contribution in [2.24, 2.45) is 0 Å². The van der Waals surface area contributed by atoms with E-state index in [-0.39, 0.29) is 17.1 Å². The van der Waals surface area contributed by atoms with Crippen molar-refractivity contribution in [3.05, 3.63) is 54.1 Å². The lowest BCUT2D eigenvalue weighted by molar-refractivity contribution is -0.136. The fourth-order valence-corrected chi connectivity index (χ4v) is 4.35. The Morgan fingerprint density at radius 3 is 2.44 bits per heavy atom. The van der Waals surface area contributed by atoms with E-state index in [4.69, 9.17) is 0 Å². The van der Waals surface area contributed by atoms with Crippen LogP contribution >= 0.6 is 0 Å². The van der Waals surface area contributed by atoms with Crippen molar-refractivity contribution >= 4 is 33.1 Å². The highest BCUT2D eigenvalue weighted by atomic mass is 32.2. The van der Waals surface area contributed by atoms with E-state index >= 15 is 0 Å². The highest BCUT2D eigenvalue weighted by Gasteiger charge is 2.33. The second-order valence-corrected chi connectivity index (χ2v) is 7.93. The summed E-state index contributed by atoms with van der Waals surface area (Å²) in [5.74, 6) is 0.0549. The Morgan fingerprint density at radius 1 is 1.04 bits per heavy atom. The summed E-state index contributed by atoms with van der Waals surface area (Å²) in [6.07, 6.45) is -4.09. The molecule has 2 aromatic carbocycles. The molecule has 2 N–H and O–H groups in total. The molecule has 2 amide bonds. The van der Waals surface area contributed by atoms with Crippen molar-refractivity contribution < 1.29 is 26.4 Å². The van der Waals surface area contributed by atoms with Gasteiger partial charge in [0.2, 0.25) is 10.0 Å². The molecule has 10 heteroatoms. The predicted octanol–water partition coefficient (Wildman–Crippen LogP) is 3.89. The van der Waals surface area contributed by atoms with Crippen LogP contribution in [0.1, 0.15) is 12.0 Å². The van der Waals surface area contributed by atoms with Gasteiger partial charge in [0.25, 0.3) is 0 Å². The number of nitrogens with zero attached hydrogens (tertiary/aromatic N) is 1. The average Bonchev–Trinajstić information content (AvgIpc) is 2.94. The average molecular weight is 399 g/mol. The summed E-state index contributed by atoms with van der Waals surface area (Å²) in [5.41, 5.74) is -0.685. The molecule has 0 radical (unpaired) electrons. The van der Waals surface area contributed by atoms with Gasteiger partial charge in [0.15, 0.2) is 0 Å². The Bertz CT molecular complexity index is 961. The van der Waals surface area contributed by atoms with Crippen LogP contribution in [-0.2, 0) is 16.2 Å². The molecule has 1 fully saturated rings. The van der Waals surface area contributed by atoms with Crippen LogP contribution in [-0.4, -0.2) is 26.7 Å². The lowest BCUT2D eigenvalue weighted by Crippen LogP contribution is -2.25. The third-order valence-electron chi connectivity index (χ3n) is 3.97. The second kappa shape index (κ2) is 7.10. The van der Waals surface area contributed by atoms with E-state index in [0.717, 1.165) is 12.1 Å². The van der Waals surface area contributed by atoms with Crippen molar-refractivity contribution in [1.82, 2.24) is 0 Å². The zero-order valence-corrected chi connectivity index (χ0v) is 14.8. The maximum atomic E-state index is 13.0. The smallest absolute Gasteiger partial charge is 0.308 e. The minimum Gasteiger partial charge on any atom is -0.308 e. The number of carbonyl (C=O) groups is 1. The van der Waals surface area contributed by atoms with E-state index in [0.29, 0.717) is 18.7 Å². The zero-order chi connectivity index (χ0) is 19.7. The molecule has 2 aromatic rings. The number of benzene rings is 2. The van der Waals surface area contributed by atoms with Crippen LogP contribution in [0.15, 0.2) is 48.5 Å². The van der Waals surface area contributed by atoms with E-state index in [1.807, 2.05) is 0 Å². The number of alkyl halides is 3. The summed E-state index contributed by atoms with van der Waals surface area (Å²) in [6, 6.07) is 9.88. The molecule has 0 atom stereocenters. The minimum atomic E-state index is -4.60. The number of anilines is 3. The molecular formula is C17H16F3N3O3S. The third kappa shape index (κ3) is 4.33. The highest BCUT2D eigenvalue weighted by Crippen LogP contribution is 2.34. The van der Waals surface area contributed by atoms with Crippen LogP contribution in [0.3, 0.4) is 0 Å². The van der Waals surface area contributed by atoms with Gasteiger partial charge in [-0.25, -0.2) is 13.2 Å². The SMILES string of the molecule is O=C(Nc1cccc(N2CCCS2(=O)=O)c1)Nc1ccccc1C(F)(F)F. The fourth-order valence-electron chi connectivity index (χ4n) is 2.79. The molecule has 0 spiro atoms. The first-order valence-electron chi connectivity index (χ1n) is 8.01. The first-order valence-corrected chi connectivity index (χ1v) is 9.62. The summed E-state index contributed by atoms with van der Waals surface area (Å²) in [5, 5.41) is 4.59. The maximum Gasteiger partial charge on any atom is 0.418 e. The van der Waals surface area contributed by atoms with Gasteiger partial charge < -0.3 is 10.6 Å². The standard InChI is InChI=1S/C17H16F3N3O3S/c18-17(19,20)14-7-1-2-8-15(14)22-16(24)21-12-5-3-6-13(11-12)23-9-4-10-27(23,25)26/h1-3,5-8,11H,4,9-10H2,(H2,21,22,24). The molecule has 1 saturated heterocycles. The molecule has 0 aliphatic carbocycles. The Balaban J connectivity index is 1.75. The number of amides is 2. The van der Waals surface area contributed by atoms with Crippen molar-refractivity contribution in [3.63, 3.8) is 0 Å². The Morgan fingerprint density at radius 2 is 1.78 bits per heavy atom. The molecule has 1 aliphatic rings. The Hall–Kier alpha value is -2.75. The van der Waals surface area contributed by atoms with E-state index in [1.54, 1.807) is 12.1 Å². The molecule has 0 saturated carbocycles. The molecule has 6 nitrogen and oxygen atoms in total. The van der Waals surface area contributed by atoms with E-state index in [9.17, 15) is 26.4 Å². The number of hydrogen-bond acceptors (Lipinski definition) is 3. The van der Waals surface area contributed by atoms with Crippen LogP contribution in [0.25, 0.3) is 0 Å². The van der Waals surface area contributed by atoms with Crippen LogP contribution < -0.4 is 14.9 Å². The zero-order valence-electron chi connectivity index (χ0n) is 14.0. The van der Waals surface area contributed by atoms with Gasteiger partial charge in [-0.1, -0.05) is 18.2 Å². The highest BCUT2D eigenvalue weighted by molar-refractivity contribution is 7.93. The largest absolute Gasteiger partial charge is 0.418 e. The quantitative estimate of drug-likeness (QED) is 0.822. The second-order valence-electron chi connectivity index (χ2n) is 5.91. The van der Waals surface area contributed by atoms with Crippen molar-refractivity contribution in [1.29, 1.82) is 0 Å². The number of nitrogens with one attached hydrogen (secondary N) is 2. The lowest BCUT2D eigenvalue weighted by atomic mass is 10.1. The van der Waals surface area contributed by atoms with Crippen LogP contribution in [0, 0.1) is 0 Å². The van der Waals surface area contributed by atoms with Gasteiger partial charge in [-0.2, -0.15) is 13.2 Å². The van der Waals surface area contributed by atoms with Gasteiger partial charge in [-0.15, -0.1) is 0 Å². The van der Waals surface area contributed by atoms with Gasteiger partial charge in [0, 0.05) is 12.2 Å². The van der Waals surface area contributed by atoms with Crippen LogP contribution in [0.5, 0.6) is 0 Å². The van der Waals surface area contributed by atoms with E-state index in [1.165, 1.54) is 28.6 Å². The molecule has 144 valence electrons. The topological polar surface area (TPSA) is 78.5 Å². The fraction of sp³-hybridized carbons (Fsp3) is 0.235. The summed E-state index contributed by atoms with van der Waals surface area (Å²) >= 11 is 0. The van der Waals surface area contributed by atoms with Gasteiger partial charge in [-0.05, 0) is 36.8 Å². The third-order valence-corrected chi connectivity index (χ3v) is 5.84. The minimum absolute atomic E-state index is 0.0549. The Kier molecular flexibility index (Phi) is 5.01. The van der Waals surface area contributed by atoms with Crippen molar-refractivity contribution in [2.75, 3.05) is 27.2 Å². The van der Waals surface area contributed by atoms with Gasteiger partial charge in [-0.3, -0.25) is 4.31 Å². The molecule has 0 aromatic heterocycles. The first kappa shape index (κ1) is 19.0. The predicted molar refractivity (Wildman–Crippen MR) is 96.3 cm³/mol. The molecule has 3 rings (SSSR count). The molecule has 0 unspecified atom stereocenters. The van der Waals surface area contributed by atoms with Gasteiger partial charge in [0.05, 0.1) is 22.7 Å². The van der Waals surface area contributed by atoms with Gasteiger partial charge >= 0.3 is 12.2 Å². The number of rotatable bonds is 3.